The van der Waals surface area contributed by atoms with Gasteiger partial charge in [0.1, 0.15) is 17.2 Å². The molecule has 1 unspecified atom stereocenters. The predicted molar refractivity (Wildman–Crippen MR) is 119 cm³/mol. The van der Waals surface area contributed by atoms with E-state index in [-0.39, 0.29) is 0 Å². The maximum atomic E-state index is 6.05. The average Bonchev–Trinajstić information content (AvgIpc) is 3.23. The van der Waals surface area contributed by atoms with Gasteiger partial charge < -0.3 is 9.30 Å². The first-order chi connectivity index (χ1) is 14.8. The first-order valence-electron chi connectivity index (χ1n) is 10.6. The van der Waals surface area contributed by atoms with Gasteiger partial charge in [0, 0.05) is 31.1 Å². The number of hydrogen-bond donors (Lipinski definition) is 0. The van der Waals surface area contributed by atoms with Crippen molar-refractivity contribution >= 4 is 0 Å². The Morgan fingerprint density at radius 1 is 0.967 bits per heavy atom. The van der Waals surface area contributed by atoms with Crippen LogP contribution in [0.5, 0.6) is 11.5 Å². The van der Waals surface area contributed by atoms with Crippen molar-refractivity contribution in [2.75, 3.05) is 0 Å². The van der Waals surface area contributed by atoms with Crippen LogP contribution in [0.15, 0.2) is 79.3 Å². The van der Waals surface area contributed by atoms with E-state index in [1.165, 1.54) is 29.5 Å². The molecule has 0 bridgehead atoms. The number of hydrogen-bond acceptors (Lipinski definition) is 3. The number of nitrogens with zero attached hydrogens (tertiary/aromatic N) is 3. The second-order valence-corrected chi connectivity index (χ2v) is 7.99. The van der Waals surface area contributed by atoms with E-state index in [0.717, 1.165) is 36.0 Å². The molecule has 0 saturated heterocycles. The molecule has 150 valence electrons. The minimum absolute atomic E-state index is 0.470. The lowest BCUT2D eigenvalue weighted by Gasteiger charge is -2.27. The predicted octanol–water partition coefficient (Wildman–Crippen LogP) is 6.17. The molecule has 0 fully saturated rings. The maximum Gasteiger partial charge on any atom is 0.158 e. The number of benzene rings is 2. The smallest absolute Gasteiger partial charge is 0.158 e. The SMILES string of the molecule is Cc1ccnc(-c2nccn2CC2CCCc3cc(Oc4ccccc4)ccc32)c1. The van der Waals surface area contributed by atoms with Crippen molar-refractivity contribution in [3.05, 3.63) is 95.9 Å². The monoisotopic (exact) mass is 395 g/mol. The summed E-state index contributed by atoms with van der Waals surface area (Å²) >= 11 is 0. The van der Waals surface area contributed by atoms with Crippen LogP contribution in [-0.4, -0.2) is 14.5 Å². The molecule has 1 atom stereocenters. The maximum absolute atomic E-state index is 6.05. The zero-order chi connectivity index (χ0) is 20.3. The summed E-state index contributed by atoms with van der Waals surface area (Å²) in [6, 6.07) is 20.6. The lowest BCUT2D eigenvalue weighted by molar-refractivity contribution is 0.468. The van der Waals surface area contributed by atoms with E-state index in [1.807, 2.05) is 48.8 Å². The van der Waals surface area contributed by atoms with Gasteiger partial charge in [-0.05, 0) is 79.3 Å². The van der Waals surface area contributed by atoms with Crippen LogP contribution in [0.4, 0.5) is 0 Å². The van der Waals surface area contributed by atoms with Crippen LogP contribution in [0.1, 0.15) is 35.4 Å². The van der Waals surface area contributed by atoms with Crippen LogP contribution >= 0.6 is 0 Å². The summed E-state index contributed by atoms with van der Waals surface area (Å²) in [4.78, 5) is 9.12. The third-order valence-corrected chi connectivity index (χ3v) is 5.81. The van der Waals surface area contributed by atoms with Gasteiger partial charge in [-0.1, -0.05) is 24.3 Å². The minimum Gasteiger partial charge on any atom is -0.457 e. The van der Waals surface area contributed by atoms with Crippen molar-refractivity contribution in [2.24, 2.45) is 0 Å². The molecule has 2 heterocycles. The van der Waals surface area contributed by atoms with E-state index in [0.29, 0.717) is 5.92 Å². The third kappa shape index (κ3) is 3.86. The number of ether oxygens (including phenoxy) is 1. The summed E-state index contributed by atoms with van der Waals surface area (Å²) in [5.74, 6) is 3.19. The van der Waals surface area contributed by atoms with Crippen molar-refractivity contribution in [3.63, 3.8) is 0 Å². The van der Waals surface area contributed by atoms with Crippen LogP contribution in [0.2, 0.25) is 0 Å². The molecule has 0 saturated carbocycles. The first kappa shape index (κ1) is 18.6. The molecule has 0 radical (unpaired) electrons. The average molecular weight is 396 g/mol. The van der Waals surface area contributed by atoms with Crippen molar-refractivity contribution in [2.45, 2.75) is 38.6 Å². The number of para-hydroxylation sites is 1. The first-order valence-corrected chi connectivity index (χ1v) is 10.6. The molecule has 1 aliphatic rings. The minimum atomic E-state index is 0.470. The molecular formula is C26H25N3O. The number of pyridine rings is 1. The van der Waals surface area contributed by atoms with Crippen molar-refractivity contribution in [1.82, 2.24) is 14.5 Å². The molecule has 4 nitrogen and oxygen atoms in total. The summed E-state index contributed by atoms with van der Waals surface area (Å²) < 4.78 is 8.30. The molecule has 4 aromatic rings. The van der Waals surface area contributed by atoms with Gasteiger partial charge in [-0.3, -0.25) is 4.98 Å². The second kappa shape index (κ2) is 8.15. The lowest BCUT2D eigenvalue weighted by Crippen LogP contribution is -2.16. The summed E-state index contributed by atoms with van der Waals surface area (Å²) in [5, 5.41) is 0. The van der Waals surface area contributed by atoms with Crippen LogP contribution in [0.3, 0.4) is 0 Å². The van der Waals surface area contributed by atoms with E-state index < -0.39 is 0 Å². The van der Waals surface area contributed by atoms with Gasteiger partial charge in [-0.25, -0.2) is 4.98 Å². The number of imidazole rings is 1. The van der Waals surface area contributed by atoms with Gasteiger partial charge in [-0.15, -0.1) is 0 Å². The van der Waals surface area contributed by atoms with Gasteiger partial charge in [0.25, 0.3) is 0 Å². The fourth-order valence-corrected chi connectivity index (χ4v) is 4.35. The largest absolute Gasteiger partial charge is 0.457 e. The lowest BCUT2D eigenvalue weighted by atomic mass is 9.82. The zero-order valence-corrected chi connectivity index (χ0v) is 17.2. The molecule has 5 rings (SSSR count). The quantitative estimate of drug-likeness (QED) is 0.406. The van der Waals surface area contributed by atoms with E-state index in [2.05, 4.69) is 51.9 Å². The Morgan fingerprint density at radius 2 is 1.87 bits per heavy atom. The molecule has 2 aromatic heterocycles. The highest BCUT2D eigenvalue weighted by Crippen LogP contribution is 2.36. The normalized spacial score (nSPS) is 15.6. The highest BCUT2D eigenvalue weighted by atomic mass is 16.5. The third-order valence-electron chi connectivity index (χ3n) is 5.81. The van der Waals surface area contributed by atoms with Gasteiger partial charge in [0.2, 0.25) is 0 Å². The molecule has 0 amide bonds. The number of aryl methyl sites for hydroxylation is 2. The number of aromatic nitrogens is 3. The summed E-state index contributed by atoms with van der Waals surface area (Å²) in [5.41, 5.74) is 4.96. The van der Waals surface area contributed by atoms with Gasteiger partial charge >= 0.3 is 0 Å². The molecule has 0 N–H and O–H groups in total. The number of fused-ring (bicyclic) bond motifs is 1. The molecule has 30 heavy (non-hydrogen) atoms. The van der Waals surface area contributed by atoms with Crippen molar-refractivity contribution in [1.29, 1.82) is 0 Å². The fraction of sp³-hybridized carbons (Fsp3) is 0.231. The summed E-state index contributed by atoms with van der Waals surface area (Å²) in [6.07, 6.45) is 9.28. The highest BCUT2D eigenvalue weighted by molar-refractivity contribution is 5.51. The van der Waals surface area contributed by atoms with Crippen molar-refractivity contribution < 1.29 is 4.74 Å². The summed E-state index contributed by atoms with van der Waals surface area (Å²) in [7, 11) is 0. The Balaban J connectivity index is 1.39. The van der Waals surface area contributed by atoms with Crippen LogP contribution in [0.25, 0.3) is 11.5 Å². The van der Waals surface area contributed by atoms with Crippen LogP contribution in [0, 0.1) is 6.92 Å². The fourth-order valence-electron chi connectivity index (χ4n) is 4.35. The Bertz CT molecular complexity index is 1150. The second-order valence-electron chi connectivity index (χ2n) is 7.99. The van der Waals surface area contributed by atoms with E-state index >= 15 is 0 Å². The zero-order valence-electron chi connectivity index (χ0n) is 17.2. The van der Waals surface area contributed by atoms with Gasteiger partial charge in [0.05, 0.1) is 0 Å². The molecule has 2 aromatic carbocycles. The Morgan fingerprint density at radius 3 is 2.73 bits per heavy atom. The topological polar surface area (TPSA) is 39.9 Å². The van der Waals surface area contributed by atoms with E-state index in [1.54, 1.807) is 0 Å². The highest BCUT2D eigenvalue weighted by Gasteiger charge is 2.22. The van der Waals surface area contributed by atoms with Crippen LogP contribution < -0.4 is 4.74 Å². The Kier molecular flexibility index (Phi) is 5.06. The standard InChI is InChI=1S/C26H25N3O/c1-19-12-13-27-25(16-19)26-28-14-15-29(26)18-21-7-5-6-20-17-23(10-11-24(20)21)30-22-8-3-2-4-9-22/h2-4,8-17,21H,5-7,18H2,1H3. The molecule has 0 aliphatic heterocycles. The molecule has 0 spiro atoms. The van der Waals surface area contributed by atoms with Crippen molar-refractivity contribution in [3.8, 4) is 23.0 Å². The molecular weight excluding hydrogens is 370 g/mol. The van der Waals surface area contributed by atoms with Gasteiger partial charge in [-0.2, -0.15) is 0 Å². The Labute approximate surface area is 177 Å². The van der Waals surface area contributed by atoms with E-state index in [9.17, 15) is 0 Å². The van der Waals surface area contributed by atoms with Crippen LogP contribution in [-0.2, 0) is 13.0 Å². The van der Waals surface area contributed by atoms with E-state index in [4.69, 9.17) is 4.74 Å². The number of rotatable bonds is 5. The Hall–Kier alpha value is -3.40. The van der Waals surface area contributed by atoms with Gasteiger partial charge in [0.15, 0.2) is 5.82 Å². The summed E-state index contributed by atoms with van der Waals surface area (Å²) in [6.45, 7) is 3.00. The molecule has 1 aliphatic carbocycles. The molecule has 4 heteroatoms.